The summed E-state index contributed by atoms with van der Waals surface area (Å²) in [6.07, 6.45) is -0.739. The monoisotopic (exact) mass is 505 g/mol. The number of thioether (sulfide) groups is 1. The third-order valence-electron chi connectivity index (χ3n) is 6.76. The van der Waals surface area contributed by atoms with E-state index in [0.29, 0.717) is 26.4 Å². The van der Waals surface area contributed by atoms with Gasteiger partial charge in [0.15, 0.2) is 0 Å². The molecule has 3 aromatic rings. The molecule has 5 nitrogen and oxygen atoms in total. The molecule has 0 saturated carbocycles. The van der Waals surface area contributed by atoms with Crippen LogP contribution in [-0.4, -0.2) is 60.6 Å². The lowest BCUT2D eigenvalue weighted by molar-refractivity contribution is -0.0900. The first kappa shape index (κ1) is 25.5. The van der Waals surface area contributed by atoms with Gasteiger partial charge in [0.25, 0.3) is 0 Å². The van der Waals surface area contributed by atoms with Gasteiger partial charge in [-0.25, -0.2) is 0 Å². The van der Waals surface area contributed by atoms with Crippen LogP contribution in [0.3, 0.4) is 0 Å². The summed E-state index contributed by atoms with van der Waals surface area (Å²) < 4.78 is 26.1. The normalized spacial score (nSPS) is 26.4. The summed E-state index contributed by atoms with van der Waals surface area (Å²) in [6.45, 7) is 3.08. The van der Waals surface area contributed by atoms with Crippen molar-refractivity contribution in [1.29, 1.82) is 0 Å². The molecule has 3 aromatic carbocycles. The number of ether oxygens (including phenoxy) is 4. The van der Waals surface area contributed by atoms with Crippen molar-refractivity contribution in [3.05, 3.63) is 108 Å². The highest BCUT2D eigenvalue weighted by molar-refractivity contribution is 8.00. The van der Waals surface area contributed by atoms with Crippen LogP contribution in [0, 0.1) is 0 Å². The standard InChI is InChI=1S/C30H35NO4S/c1-31-17-18-36-30(31)29-28(34-21-25-15-9-4-10-16-25)27(33-20-24-13-7-3-8-14-24)26(35-29)22-32-19-23-11-5-2-6-12-23/h2-16,26-30H,17-22H2,1H3/t26-,27-,28-,29+,30?/m1/s1. The number of likely N-dealkylation sites (N-methyl/N-ethyl adjacent to an activating group) is 1. The lowest BCUT2D eigenvalue weighted by atomic mass is 10.1. The van der Waals surface area contributed by atoms with Crippen LogP contribution in [0.25, 0.3) is 0 Å². The summed E-state index contributed by atoms with van der Waals surface area (Å²) in [6, 6.07) is 30.9. The fourth-order valence-electron chi connectivity index (χ4n) is 4.83. The van der Waals surface area contributed by atoms with Crippen molar-refractivity contribution in [1.82, 2.24) is 4.90 Å². The van der Waals surface area contributed by atoms with E-state index in [4.69, 9.17) is 18.9 Å². The highest BCUT2D eigenvalue weighted by atomic mass is 32.2. The molecule has 0 radical (unpaired) electrons. The average Bonchev–Trinajstić information content (AvgIpc) is 3.50. The molecule has 6 heteroatoms. The minimum Gasteiger partial charge on any atom is -0.374 e. The van der Waals surface area contributed by atoms with E-state index in [1.807, 2.05) is 66.4 Å². The van der Waals surface area contributed by atoms with E-state index in [-0.39, 0.29) is 29.8 Å². The number of benzene rings is 3. The molecule has 0 spiro atoms. The Labute approximate surface area is 218 Å². The maximum absolute atomic E-state index is 6.72. The molecule has 1 unspecified atom stereocenters. The number of hydrogen-bond acceptors (Lipinski definition) is 6. The van der Waals surface area contributed by atoms with E-state index >= 15 is 0 Å². The van der Waals surface area contributed by atoms with Gasteiger partial charge in [-0.1, -0.05) is 91.0 Å². The Morgan fingerprint density at radius 1 is 0.750 bits per heavy atom. The van der Waals surface area contributed by atoms with Crippen LogP contribution in [0.1, 0.15) is 16.7 Å². The highest BCUT2D eigenvalue weighted by Gasteiger charge is 2.51. The summed E-state index contributed by atoms with van der Waals surface area (Å²) >= 11 is 1.94. The van der Waals surface area contributed by atoms with Crippen LogP contribution in [0.5, 0.6) is 0 Å². The second-order valence-corrected chi connectivity index (χ2v) is 10.6. The molecule has 2 aliphatic heterocycles. The Hall–Kier alpha value is -2.19. The van der Waals surface area contributed by atoms with Crippen molar-refractivity contribution in [2.75, 3.05) is 26.0 Å². The molecule has 0 aliphatic carbocycles. The fraction of sp³-hybridized carbons (Fsp3) is 0.400. The maximum Gasteiger partial charge on any atom is 0.115 e. The fourth-order valence-corrected chi connectivity index (χ4v) is 6.23. The van der Waals surface area contributed by atoms with Gasteiger partial charge in [0.05, 0.1) is 31.8 Å². The van der Waals surface area contributed by atoms with Crippen LogP contribution in [0.4, 0.5) is 0 Å². The van der Waals surface area contributed by atoms with Gasteiger partial charge in [0.1, 0.15) is 24.4 Å². The summed E-state index contributed by atoms with van der Waals surface area (Å²) in [5.74, 6) is 1.09. The van der Waals surface area contributed by atoms with Crippen LogP contribution in [-0.2, 0) is 38.8 Å². The summed E-state index contributed by atoms with van der Waals surface area (Å²) in [7, 11) is 2.17. The quantitative estimate of drug-likeness (QED) is 0.359. The van der Waals surface area contributed by atoms with E-state index in [9.17, 15) is 0 Å². The molecule has 5 rings (SSSR count). The largest absolute Gasteiger partial charge is 0.374 e. The van der Waals surface area contributed by atoms with Crippen molar-refractivity contribution >= 4 is 11.8 Å². The lowest BCUT2D eigenvalue weighted by Gasteiger charge is -2.30. The molecule has 190 valence electrons. The van der Waals surface area contributed by atoms with E-state index in [1.54, 1.807) is 0 Å². The summed E-state index contributed by atoms with van der Waals surface area (Å²) in [5.41, 5.74) is 3.44. The van der Waals surface area contributed by atoms with E-state index in [0.717, 1.165) is 29.0 Å². The van der Waals surface area contributed by atoms with E-state index < -0.39 is 0 Å². The van der Waals surface area contributed by atoms with Crippen LogP contribution in [0.2, 0.25) is 0 Å². The predicted molar refractivity (Wildman–Crippen MR) is 144 cm³/mol. The molecule has 0 aromatic heterocycles. The number of rotatable bonds is 11. The lowest BCUT2D eigenvalue weighted by Crippen LogP contribution is -2.45. The minimum atomic E-state index is -0.232. The molecule has 5 atom stereocenters. The Kier molecular flexibility index (Phi) is 9.09. The molecule has 2 aliphatic rings. The van der Waals surface area contributed by atoms with Gasteiger partial charge in [0, 0.05) is 12.3 Å². The predicted octanol–water partition coefficient (Wildman–Crippen LogP) is 5.15. The molecular formula is C30H35NO4S. The zero-order valence-corrected chi connectivity index (χ0v) is 21.6. The zero-order chi connectivity index (χ0) is 24.6. The topological polar surface area (TPSA) is 40.2 Å². The van der Waals surface area contributed by atoms with E-state index in [2.05, 4.69) is 48.3 Å². The van der Waals surface area contributed by atoms with Gasteiger partial charge in [-0.3, -0.25) is 4.90 Å². The van der Waals surface area contributed by atoms with Gasteiger partial charge < -0.3 is 18.9 Å². The second kappa shape index (κ2) is 12.9. The molecule has 36 heavy (non-hydrogen) atoms. The third kappa shape index (κ3) is 6.57. The molecule has 0 N–H and O–H groups in total. The van der Waals surface area contributed by atoms with E-state index in [1.165, 1.54) is 0 Å². The van der Waals surface area contributed by atoms with Gasteiger partial charge in [-0.15, -0.1) is 11.8 Å². The second-order valence-electron chi connectivity index (χ2n) is 9.40. The van der Waals surface area contributed by atoms with Crippen molar-refractivity contribution in [3.63, 3.8) is 0 Å². The van der Waals surface area contributed by atoms with Gasteiger partial charge >= 0.3 is 0 Å². The van der Waals surface area contributed by atoms with Crippen LogP contribution in [0.15, 0.2) is 91.0 Å². The Morgan fingerprint density at radius 3 is 1.81 bits per heavy atom. The zero-order valence-electron chi connectivity index (χ0n) is 20.8. The van der Waals surface area contributed by atoms with Crippen molar-refractivity contribution < 1.29 is 18.9 Å². The smallest absolute Gasteiger partial charge is 0.115 e. The maximum atomic E-state index is 6.72. The van der Waals surface area contributed by atoms with Gasteiger partial charge in [0.2, 0.25) is 0 Å². The molecule has 2 saturated heterocycles. The number of nitrogens with zero attached hydrogens (tertiary/aromatic N) is 1. The molecular weight excluding hydrogens is 470 g/mol. The summed E-state index contributed by atoms with van der Waals surface area (Å²) in [4.78, 5) is 2.37. The molecule has 2 heterocycles. The average molecular weight is 506 g/mol. The molecule has 2 fully saturated rings. The number of hydrogen-bond donors (Lipinski definition) is 0. The van der Waals surface area contributed by atoms with Crippen LogP contribution >= 0.6 is 11.8 Å². The first-order chi connectivity index (χ1) is 17.8. The molecule has 0 bridgehead atoms. The van der Waals surface area contributed by atoms with Gasteiger partial charge in [-0.2, -0.15) is 0 Å². The Bertz CT molecular complexity index is 1040. The highest BCUT2D eigenvalue weighted by Crippen LogP contribution is 2.37. The van der Waals surface area contributed by atoms with Crippen LogP contribution < -0.4 is 0 Å². The molecule has 0 amide bonds. The summed E-state index contributed by atoms with van der Waals surface area (Å²) in [5, 5.41) is 0.229. The Morgan fingerprint density at radius 2 is 1.28 bits per heavy atom. The first-order valence-corrected chi connectivity index (χ1v) is 13.7. The first-order valence-electron chi connectivity index (χ1n) is 12.7. The Balaban J connectivity index is 1.33. The van der Waals surface area contributed by atoms with Gasteiger partial charge in [-0.05, 0) is 23.7 Å². The van der Waals surface area contributed by atoms with Crippen molar-refractivity contribution in [2.45, 2.75) is 49.6 Å². The SMILES string of the molecule is CN1CCSC1[C@H]1O[C@H](COCc2ccccc2)[C@@H](OCc2ccccc2)[C@H]1OCc1ccccc1. The van der Waals surface area contributed by atoms with Crippen molar-refractivity contribution in [3.8, 4) is 0 Å². The third-order valence-corrected chi connectivity index (χ3v) is 8.15. The van der Waals surface area contributed by atoms with Crippen molar-refractivity contribution in [2.24, 2.45) is 0 Å². The minimum absolute atomic E-state index is 0.0997.